The van der Waals surface area contributed by atoms with E-state index in [-0.39, 0.29) is 23.6 Å². The molecule has 0 spiro atoms. The Labute approximate surface area is 132 Å². The Kier molecular flexibility index (Phi) is 4.60. The highest BCUT2D eigenvalue weighted by molar-refractivity contribution is 6.01. The second-order valence-corrected chi connectivity index (χ2v) is 6.69. The Morgan fingerprint density at radius 2 is 1.91 bits per heavy atom. The highest BCUT2D eigenvalue weighted by atomic mass is 16.5. The van der Waals surface area contributed by atoms with Crippen LogP contribution in [-0.4, -0.2) is 17.7 Å². The number of carbonyl (C=O) groups is 2. The summed E-state index contributed by atoms with van der Waals surface area (Å²) in [5, 5.41) is 0. The van der Waals surface area contributed by atoms with Crippen molar-refractivity contribution in [1.82, 2.24) is 0 Å². The van der Waals surface area contributed by atoms with E-state index in [0.29, 0.717) is 24.3 Å². The number of carbonyl (C=O) groups excluding carboxylic acids is 2. The van der Waals surface area contributed by atoms with Crippen molar-refractivity contribution in [2.75, 3.05) is 0 Å². The molecular formula is C19H24O3. The first-order valence-corrected chi connectivity index (χ1v) is 8.46. The summed E-state index contributed by atoms with van der Waals surface area (Å²) in [6.45, 7) is 1.59. The molecule has 0 amide bonds. The molecule has 1 aromatic carbocycles. The summed E-state index contributed by atoms with van der Waals surface area (Å²) >= 11 is 0. The molecule has 3 heteroatoms. The molecule has 0 radical (unpaired) electrons. The molecule has 1 heterocycles. The second-order valence-electron chi connectivity index (χ2n) is 6.69. The predicted molar refractivity (Wildman–Crippen MR) is 85.2 cm³/mol. The van der Waals surface area contributed by atoms with Crippen LogP contribution in [0.4, 0.5) is 0 Å². The summed E-state index contributed by atoms with van der Waals surface area (Å²) < 4.78 is 6.25. The van der Waals surface area contributed by atoms with Gasteiger partial charge < -0.3 is 9.53 Å². The molecular weight excluding hydrogens is 276 g/mol. The standard InChI is InChI=1S/C19H24O3/c1-13(20)11-12-16-18(21)15-9-5-6-10-17(15)22-19(16)14-7-3-2-4-8-14/h5-6,9-10,14,16,19H,2-4,7-8,11-12H2,1H3. The van der Waals surface area contributed by atoms with Gasteiger partial charge in [-0.25, -0.2) is 0 Å². The highest BCUT2D eigenvalue weighted by Gasteiger charge is 2.41. The van der Waals surface area contributed by atoms with Crippen molar-refractivity contribution in [2.24, 2.45) is 11.8 Å². The van der Waals surface area contributed by atoms with Crippen LogP contribution in [0.1, 0.15) is 62.2 Å². The second kappa shape index (κ2) is 6.64. The third kappa shape index (κ3) is 3.08. The molecule has 1 aliphatic heterocycles. The van der Waals surface area contributed by atoms with E-state index in [2.05, 4.69) is 0 Å². The van der Waals surface area contributed by atoms with Gasteiger partial charge in [-0.1, -0.05) is 31.4 Å². The van der Waals surface area contributed by atoms with Crippen molar-refractivity contribution in [3.63, 3.8) is 0 Å². The van der Waals surface area contributed by atoms with Crippen LogP contribution in [0, 0.1) is 11.8 Å². The molecule has 0 N–H and O–H groups in total. The summed E-state index contributed by atoms with van der Waals surface area (Å²) in [6, 6.07) is 7.53. The molecule has 1 saturated carbocycles. The van der Waals surface area contributed by atoms with Gasteiger partial charge in [0, 0.05) is 6.42 Å². The maximum atomic E-state index is 12.9. The van der Waals surface area contributed by atoms with Crippen LogP contribution in [0.3, 0.4) is 0 Å². The molecule has 3 rings (SSSR count). The smallest absolute Gasteiger partial charge is 0.173 e. The molecule has 0 aromatic heterocycles. The van der Waals surface area contributed by atoms with Gasteiger partial charge in [-0.15, -0.1) is 0 Å². The number of hydrogen-bond donors (Lipinski definition) is 0. The Hall–Kier alpha value is -1.64. The van der Waals surface area contributed by atoms with E-state index in [1.165, 1.54) is 19.3 Å². The topological polar surface area (TPSA) is 43.4 Å². The van der Waals surface area contributed by atoms with Crippen LogP contribution in [-0.2, 0) is 4.79 Å². The number of ketones is 2. The lowest BCUT2D eigenvalue weighted by Crippen LogP contribution is -2.43. The SMILES string of the molecule is CC(=O)CCC1C(=O)c2ccccc2OC1C1CCCCC1. The average Bonchev–Trinajstić information content (AvgIpc) is 2.54. The maximum absolute atomic E-state index is 12.9. The molecule has 0 bridgehead atoms. The quantitative estimate of drug-likeness (QED) is 0.837. The van der Waals surface area contributed by atoms with Crippen molar-refractivity contribution in [2.45, 2.75) is 58.0 Å². The Bertz CT molecular complexity index is 558. The minimum atomic E-state index is -0.165. The fourth-order valence-electron chi connectivity index (χ4n) is 3.89. The molecule has 2 unspecified atom stereocenters. The van der Waals surface area contributed by atoms with Crippen LogP contribution >= 0.6 is 0 Å². The Morgan fingerprint density at radius 3 is 2.64 bits per heavy atom. The predicted octanol–water partition coefficient (Wildman–Crippen LogP) is 4.20. The molecule has 1 aromatic rings. The number of para-hydroxylation sites is 1. The van der Waals surface area contributed by atoms with Crippen LogP contribution in [0.15, 0.2) is 24.3 Å². The third-order valence-electron chi connectivity index (χ3n) is 5.07. The summed E-state index contributed by atoms with van der Waals surface area (Å²) in [7, 11) is 0. The van der Waals surface area contributed by atoms with Crippen LogP contribution in [0.5, 0.6) is 5.75 Å². The minimum Gasteiger partial charge on any atom is -0.489 e. The number of ether oxygens (including phenoxy) is 1. The van der Waals surface area contributed by atoms with Gasteiger partial charge in [-0.3, -0.25) is 4.79 Å². The van der Waals surface area contributed by atoms with E-state index in [1.54, 1.807) is 6.92 Å². The minimum absolute atomic E-state index is 0.0537. The van der Waals surface area contributed by atoms with E-state index in [4.69, 9.17) is 4.74 Å². The van der Waals surface area contributed by atoms with E-state index in [1.807, 2.05) is 24.3 Å². The summed E-state index contributed by atoms with van der Waals surface area (Å²) in [6.07, 6.45) is 7.02. The lowest BCUT2D eigenvalue weighted by Gasteiger charge is -2.39. The third-order valence-corrected chi connectivity index (χ3v) is 5.07. The number of hydrogen-bond acceptors (Lipinski definition) is 3. The number of Topliss-reactive ketones (excluding diaryl/α,β-unsaturated/α-hetero) is 2. The van der Waals surface area contributed by atoms with Gasteiger partial charge in [0.1, 0.15) is 17.6 Å². The van der Waals surface area contributed by atoms with Gasteiger partial charge in [0.2, 0.25) is 0 Å². The highest BCUT2D eigenvalue weighted by Crippen LogP contribution is 2.40. The number of fused-ring (bicyclic) bond motifs is 1. The number of benzene rings is 1. The van der Waals surface area contributed by atoms with Gasteiger partial charge in [-0.05, 0) is 44.2 Å². The van der Waals surface area contributed by atoms with Gasteiger partial charge in [0.25, 0.3) is 0 Å². The molecule has 2 atom stereocenters. The monoisotopic (exact) mass is 300 g/mol. The normalized spacial score (nSPS) is 25.4. The fraction of sp³-hybridized carbons (Fsp3) is 0.579. The molecule has 22 heavy (non-hydrogen) atoms. The van der Waals surface area contributed by atoms with E-state index < -0.39 is 0 Å². The van der Waals surface area contributed by atoms with E-state index >= 15 is 0 Å². The summed E-state index contributed by atoms with van der Waals surface area (Å²) in [4.78, 5) is 24.3. The zero-order valence-electron chi connectivity index (χ0n) is 13.2. The first-order valence-electron chi connectivity index (χ1n) is 8.46. The van der Waals surface area contributed by atoms with Gasteiger partial charge in [-0.2, -0.15) is 0 Å². The van der Waals surface area contributed by atoms with Gasteiger partial charge in [0.05, 0.1) is 11.5 Å². The molecule has 1 fully saturated rings. The Morgan fingerprint density at radius 1 is 1.18 bits per heavy atom. The molecule has 118 valence electrons. The molecule has 2 aliphatic rings. The summed E-state index contributed by atoms with van der Waals surface area (Å²) in [5.41, 5.74) is 0.683. The fourth-order valence-corrected chi connectivity index (χ4v) is 3.89. The van der Waals surface area contributed by atoms with E-state index in [9.17, 15) is 9.59 Å². The first kappa shape index (κ1) is 15.3. The largest absolute Gasteiger partial charge is 0.489 e. The van der Waals surface area contributed by atoms with Crippen LogP contribution < -0.4 is 4.74 Å². The van der Waals surface area contributed by atoms with Gasteiger partial charge >= 0.3 is 0 Å². The van der Waals surface area contributed by atoms with E-state index in [0.717, 1.165) is 18.6 Å². The summed E-state index contributed by atoms with van der Waals surface area (Å²) in [5.74, 6) is 1.32. The maximum Gasteiger partial charge on any atom is 0.173 e. The van der Waals surface area contributed by atoms with Crippen molar-refractivity contribution >= 4 is 11.6 Å². The zero-order valence-corrected chi connectivity index (χ0v) is 13.2. The van der Waals surface area contributed by atoms with Crippen molar-refractivity contribution in [3.8, 4) is 5.75 Å². The molecule has 0 saturated heterocycles. The number of rotatable bonds is 4. The van der Waals surface area contributed by atoms with Crippen LogP contribution in [0.25, 0.3) is 0 Å². The van der Waals surface area contributed by atoms with Crippen LogP contribution in [0.2, 0.25) is 0 Å². The lowest BCUT2D eigenvalue weighted by molar-refractivity contribution is -0.117. The lowest BCUT2D eigenvalue weighted by atomic mass is 9.75. The van der Waals surface area contributed by atoms with Crippen molar-refractivity contribution < 1.29 is 14.3 Å². The molecule has 1 aliphatic carbocycles. The average molecular weight is 300 g/mol. The first-order chi connectivity index (χ1) is 10.7. The van der Waals surface area contributed by atoms with Crippen molar-refractivity contribution in [3.05, 3.63) is 29.8 Å². The Balaban J connectivity index is 1.87. The zero-order chi connectivity index (χ0) is 15.5. The van der Waals surface area contributed by atoms with Gasteiger partial charge in [0.15, 0.2) is 5.78 Å². The van der Waals surface area contributed by atoms with Crippen molar-refractivity contribution in [1.29, 1.82) is 0 Å². The molecule has 3 nitrogen and oxygen atoms in total.